The van der Waals surface area contributed by atoms with Crippen molar-refractivity contribution < 1.29 is 18.7 Å². The highest BCUT2D eigenvalue weighted by atomic mass is 35.5. The highest BCUT2D eigenvalue weighted by Crippen LogP contribution is 2.24. The molecule has 0 bridgehead atoms. The smallest absolute Gasteiger partial charge is 0.343 e. The SMILES string of the molecule is CCCCNC(=O)COC(=O)c1c(C)nn(-c2ccc(F)cc2)c1Cl. The van der Waals surface area contributed by atoms with Gasteiger partial charge in [0.15, 0.2) is 6.61 Å². The monoisotopic (exact) mass is 367 g/mol. The van der Waals surface area contributed by atoms with E-state index in [1.165, 1.54) is 28.9 Å². The van der Waals surface area contributed by atoms with Crippen molar-refractivity contribution in [2.45, 2.75) is 26.7 Å². The number of unbranched alkanes of at least 4 members (excludes halogenated alkanes) is 1. The van der Waals surface area contributed by atoms with Crippen LogP contribution in [0.4, 0.5) is 4.39 Å². The molecule has 8 heteroatoms. The summed E-state index contributed by atoms with van der Waals surface area (Å²) in [5, 5.41) is 6.87. The molecular formula is C17H19ClFN3O3. The van der Waals surface area contributed by atoms with Gasteiger partial charge < -0.3 is 10.1 Å². The Kier molecular flexibility index (Phi) is 6.52. The number of rotatable bonds is 7. The number of carbonyl (C=O) groups is 2. The van der Waals surface area contributed by atoms with Crippen LogP contribution in [-0.4, -0.2) is 34.8 Å². The number of carbonyl (C=O) groups excluding carboxylic acids is 2. The molecule has 0 aliphatic rings. The average molecular weight is 368 g/mol. The first-order valence-corrected chi connectivity index (χ1v) is 8.26. The zero-order valence-corrected chi connectivity index (χ0v) is 14.8. The summed E-state index contributed by atoms with van der Waals surface area (Å²) in [6, 6.07) is 5.51. The zero-order chi connectivity index (χ0) is 18.4. The second-order valence-corrected chi connectivity index (χ2v) is 5.78. The van der Waals surface area contributed by atoms with Crippen LogP contribution in [0, 0.1) is 12.7 Å². The Labute approximate surface area is 149 Å². The summed E-state index contributed by atoms with van der Waals surface area (Å²) in [5.41, 5.74) is 0.934. The van der Waals surface area contributed by atoms with Gasteiger partial charge in [-0.05, 0) is 37.6 Å². The number of benzene rings is 1. The lowest BCUT2D eigenvalue weighted by molar-refractivity contribution is -0.124. The maximum Gasteiger partial charge on any atom is 0.343 e. The van der Waals surface area contributed by atoms with Crippen molar-refractivity contribution in [3.63, 3.8) is 0 Å². The van der Waals surface area contributed by atoms with Crippen molar-refractivity contribution in [2.24, 2.45) is 0 Å². The predicted octanol–water partition coefficient (Wildman–Crippen LogP) is 3.05. The van der Waals surface area contributed by atoms with Gasteiger partial charge >= 0.3 is 5.97 Å². The molecule has 0 aliphatic carbocycles. The number of nitrogens with zero attached hydrogens (tertiary/aromatic N) is 2. The number of hydrogen-bond donors (Lipinski definition) is 1. The summed E-state index contributed by atoms with van der Waals surface area (Å²) >= 11 is 6.22. The number of ether oxygens (including phenoxy) is 1. The van der Waals surface area contributed by atoms with E-state index in [1.807, 2.05) is 6.92 Å². The molecule has 1 heterocycles. The lowest BCUT2D eigenvalue weighted by Crippen LogP contribution is -2.29. The van der Waals surface area contributed by atoms with E-state index < -0.39 is 11.8 Å². The van der Waals surface area contributed by atoms with E-state index in [1.54, 1.807) is 6.92 Å². The highest BCUT2D eigenvalue weighted by molar-refractivity contribution is 6.33. The quantitative estimate of drug-likeness (QED) is 0.603. The Morgan fingerprint density at radius 3 is 2.64 bits per heavy atom. The largest absolute Gasteiger partial charge is 0.452 e. The first-order chi connectivity index (χ1) is 11.9. The number of aromatic nitrogens is 2. The van der Waals surface area contributed by atoms with Crippen molar-refractivity contribution in [1.29, 1.82) is 0 Å². The molecule has 1 aromatic heterocycles. The van der Waals surface area contributed by atoms with Crippen LogP contribution in [0.15, 0.2) is 24.3 Å². The summed E-state index contributed by atoms with van der Waals surface area (Å²) < 4.78 is 19.3. The molecule has 0 fully saturated rings. The van der Waals surface area contributed by atoms with Gasteiger partial charge in [-0.15, -0.1) is 0 Å². The standard InChI is InChI=1S/C17H19ClFN3O3/c1-3-4-9-20-14(23)10-25-17(24)15-11(2)21-22(16(15)18)13-7-5-12(19)6-8-13/h5-8H,3-4,9-10H2,1-2H3,(H,20,23). The topological polar surface area (TPSA) is 73.2 Å². The van der Waals surface area contributed by atoms with Crippen molar-refractivity contribution in [1.82, 2.24) is 15.1 Å². The first-order valence-electron chi connectivity index (χ1n) is 7.89. The zero-order valence-electron chi connectivity index (χ0n) is 14.0. The van der Waals surface area contributed by atoms with Gasteiger partial charge in [-0.25, -0.2) is 13.9 Å². The summed E-state index contributed by atoms with van der Waals surface area (Å²) in [7, 11) is 0. The molecule has 0 spiro atoms. The fourth-order valence-corrected chi connectivity index (χ4v) is 2.49. The van der Waals surface area contributed by atoms with Crippen molar-refractivity contribution >= 4 is 23.5 Å². The third-order valence-electron chi connectivity index (χ3n) is 3.47. The molecule has 6 nitrogen and oxygen atoms in total. The summed E-state index contributed by atoms with van der Waals surface area (Å²) in [6.45, 7) is 3.76. The normalized spacial score (nSPS) is 10.6. The second kappa shape index (κ2) is 8.62. The third kappa shape index (κ3) is 4.79. The fourth-order valence-electron chi connectivity index (χ4n) is 2.14. The van der Waals surface area contributed by atoms with E-state index in [-0.39, 0.29) is 23.2 Å². The van der Waals surface area contributed by atoms with Gasteiger partial charge in [0.25, 0.3) is 5.91 Å². The van der Waals surface area contributed by atoms with E-state index in [0.29, 0.717) is 17.9 Å². The molecule has 0 saturated heterocycles. The Balaban J connectivity index is 2.08. The van der Waals surface area contributed by atoms with Gasteiger partial charge in [0.1, 0.15) is 16.5 Å². The van der Waals surface area contributed by atoms with Crippen LogP contribution < -0.4 is 5.32 Å². The molecule has 1 N–H and O–H groups in total. The fraction of sp³-hybridized carbons (Fsp3) is 0.353. The van der Waals surface area contributed by atoms with Crippen LogP contribution in [-0.2, 0) is 9.53 Å². The Hall–Kier alpha value is -2.41. The minimum absolute atomic E-state index is 0.0421. The summed E-state index contributed by atoms with van der Waals surface area (Å²) in [4.78, 5) is 23.8. The molecule has 0 unspecified atom stereocenters. The maximum atomic E-state index is 13.0. The first kappa shape index (κ1) is 18.9. The molecule has 0 aliphatic heterocycles. The number of hydrogen-bond acceptors (Lipinski definition) is 4. The van der Waals surface area contributed by atoms with Crippen LogP contribution in [0.2, 0.25) is 5.15 Å². The Morgan fingerprint density at radius 1 is 1.32 bits per heavy atom. The molecule has 0 saturated carbocycles. The lowest BCUT2D eigenvalue weighted by atomic mass is 10.2. The second-order valence-electron chi connectivity index (χ2n) is 5.42. The van der Waals surface area contributed by atoms with E-state index in [4.69, 9.17) is 16.3 Å². The molecule has 1 aromatic carbocycles. The van der Waals surface area contributed by atoms with Gasteiger partial charge in [0, 0.05) is 6.54 Å². The van der Waals surface area contributed by atoms with Crippen LogP contribution in [0.3, 0.4) is 0 Å². The molecular weight excluding hydrogens is 349 g/mol. The van der Waals surface area contributed by atoms with Crippen molar-refractivity contribution in [3.8, 4) is 5.69 Å². The van der Waals surface area contributed by atoms with Gasteiger partial charge in [-0.3, -0.25) is 4.79 Å². The minimum Gasteiger partial charge on any atom is -0.452 e. The van der Waals surface area contributed by atoms with Gasteiger partial charge in [-0.2, -0.15) is 5.10 Å². The third-order valence-corrected chi connectivity index (χ3v) is 3.82. The van der Waals surface area contributed by atoms with Crippen LogP contribution >= 0.6 is 11.6 Å². The minimum atomic E-state index is -0.735. The van der Waals surface area contributed by atoms with E-state index >= 15 is 0 Å². The number of aryl methyl sites for hydroxylation is 1. The maximum absolute atomic E-state index is 13.0. The lowest BCUT2D eigenvalue weighted by Gasteiger charge is -2.06. The summed E-state index contributed by atoms with van der Waals surface area (Å²) in [6.07, 6.45) is 1.81. The molecule has 25 heavy (non-hydrogen) atoms. The van der Waals surface area contributed by atoms with Crippen molar-refractivity contribution in [2.75, 3.05) is 13.2 Å². The molecule has 2 aromatic rings. The summed E-state index contributed by atoms with van der Waals surface area (Å²) in [5.74, 6) is -1.50. The average Bonchev–Trinajstić information content (AvgIpc) is 2.88. The van der Waals surface area contributed by atoms with Crippen LogP contribution in [0.5, 0.6) is 0 Å². The van der Waals surface area contributed by atoms with Gasteiger partial charge in [0.05, 0.1) is 11.4 Å². The Bertz CT molecular complexity index is 759. The van der Waals surface area contributed by atoms with Gasteiger partial charge in [0.2, 0.25) is 0 Å². The van der Waals surface area contributed by atoms with E-state index in [9.17, 15) is 14.0 Å². The van der Waals surface area contributed by atoms with Crippen LogP contribution in [0.1, 0.15) is 35.8 Å². The molecule has 0 atom stereocenters. The van der Waals surface area contributed by atoms with Crippen molar-refractivity contribution in [3.05, 3.63) is 46.5 Å². The van der Waals surface area contributed by atoms with Gasteiger partial charge in [-0.1, -0.05) is 24.9 Å². The molecule has 2 rings (SSSR count). The van der Waals surface area contributed by atoms with Crippen LogP contribution in [0.25, 0.3) is 5.69 Å². The Morgan fingerprint density at radius 2 is 2.00 bits per heavy atom. The van der Waals surface area contributed by atoms with E-state index in [0.717, 1.165) is 12.8 Å². The number of amides is 1. The predicted molar refractivity (Wildman–Crippen MR) is 91.5 cm³/mol. The van der Waals surface area contributed by atoms with E-state index in [2.05, 4.69) is 10.4 Å². The number of halogens is 2. The molecule has 0 radical (unpaired) electrons. The highest BCUT2D eigenvalue weighted by Gasteiger charge is 2.23. The molecule has 1 amide bonds. The number of esters is 1. The molecule has 134 valence electrons. The number of nitrogens with one attached hydrogen (secondary N) is 1.